The molecule has 1 saturated heterocycles. The molecule has 0 bridgehead atoms. The van der Waals surface area contributed by atoms with E-state index >= 15 is 0 Å². The molecule has 1 aromatic heterocycles. The first-order chi connectivity index (χ1) is 8.67. The molecule has 1 N–H and O–H groups in total. The van der Waals surface area contributed by atoms with E-state index < -0.39 is 0 Å². The van der Waals surface area contributed by atoms with Crippen molar-refractivity contribution in [2.45, 2.75) is 26.1 Å². The maximum absolute atomic E-state index is 5.73. The largest absolute Gasteiger partial charge is 0.481 e. The van der Waals surface area contributed by atoms with Gasteiger partial charge >= 0.3 is 0 Å². The average molecular weight is 253 g/mol. The van der Waals surface area contributed by atoms with Gasteiger partial charge in [-0.15, -0.1) is 0 Å². The molecule has 1 aliphatic rings. The maximum atomic E-state index is 5.73. The highest BCUT2D eigenvalue weighted by molar-refractivity contribution is 5.20. The predicted molar refractivity (Wildman–Crippen MR) is 66.0 cm³/mol. The molecule has 100 valence electrons. The van der Waals surface area contributed by atoms with Crippen molar-refractivity contribution < 1.29 is 14.2 Å². The third-order valence-electron chi connectivity index (χ3n) is 2.65. The van der Waals surface area contributed by atoms with Gasteiger partial charge in [-0.05, 0) is 13.8 Å². The Balaban J connectivity index is 1.91. The van der Waals surface area contributed by atoms with Gasteiger partial charge in [-0.1, -0.05) is 0 Å². The van der Waals surface area contributed by atoms with Gasteiger partial charge in [-0.25, -0.2) is 0 Å². The van der Waals surface area contributed by atoms with E-state index in [4.69, 9.17) is 14.2 Å². The topological polar surface area (TPSA) is 65.5 Å². The summed E-state index contributed by atoms with van der Waals surface area (Å²) < 4.78 is 16.4. The van der Waals surface area contributed by atoms with E-state index in [0.29, 0.717) is 24.2 Å². The molecule has 0 aromatic carbocycles. The number of rotatable bonds is 4. The summed E-state index contributed by atoms with van der Waals surface area (Å²) in [6, 6.07) is 1.67. The Morgan fingerprint density at radius 2 is 2.17 bits per heavy atom. The SMILES string of the molecule is COc1cc(OCC2CNCC(C)O2)nc(C)n1. The van der Waals surface area contributed by atoms with Crippen LogP contribution in [0.1, 0.15) is 12.7 Å². The van der Waals surface area contributed by atoms with Gasteiger partial charge in [0.1, 0.15) is 18.5 Å². The van der Waals surface area contributed by atoms with Gasteiger partial charge in [-0.3, -0.25) is 0 Å². The fraction of sp³-hybridized carbons (Fsp3) is 0.667. The van der Waals surface area contributed by atoms with Crippen LogP contribution >= 0.6 is 0 Å². The van der Waals surface area contributed by atoms with Crippen molar-refractivity contribution in [1.82, 2.24) is 15.3 Å². The second-order valence-corrected chi connectivity index (χ2v) is 4.33. The maximum Gasteiger partial charge on any atom is 0.220 e. The van der Waals surface area contributed by atoms with Crippen molar-refractivity contribution in [3.8, 4) is 11.8 Å². The van der Waals surface area contributed by atoms with Gasteiger partial charge in [0, 0.05) is 13.1 Å². The van der Waals surface area contributed by atoms with E-state index in [1.165, 1.54) is 0 Å². The van der Waals surface area contributed by atoms with Crippen LogP contribution in [0.15, 0.2) is 6.07 Å². The fourth-order valence-corrected chi connectivity index (χ4v) is 1.84. The number of methoxy groups -OCH3 is 1. The number of nitrogens with one attached hydrogen (secondary N) is 1. The molecule has 18 heavy (non-hydrogen) atoms. The summed E-state index contributed by atoms with van der Waals surface area (Å²) in [5.41, 5.74) is 0. The first-order valence-electron chi connectivity index (χ1n) is 6.06. The van der Waals surface area contributed by atoms with Crippen LogP contribution in [0.2, 0.25) is 0 Å². The van der Waals surface area contributed by atoms with Gasteiger partial charge in [0.2, 0.25) is 11.8 Å². The number of nitrogens with zero attached hydrogens (tertiary/aromatic N) is 2. The summed E-state index contributed by atoms with van der Waals surface area (Å²) in [6.07, 6.45) is 0.268. The lowest BCUT2D eigenvalue weighted by atomic mass is 10.2. The van der Waals surface area contributed by atoms with Crippen LogP contribution in [0.3, 0.4) is 0 Å². The molecule has 1 aliphatic heterocycles. The van der Waals surface area contributed by atoms with Crippen molar-refractivity contribution in [3.63, 3.8) is 0 Å². The van der Waals surface area contributed by atoms with E-state index in [0.717, 1.165) is 13.1 Å². The molecule has 0 amide bonds. The molecule has 2 unspecified atom stereocenters. The van der Waals surface area contributed by atoms with Gasteiger partial charge in [0.25, 0.3) is 0 Å². The molecule has 0 saturated carbocycles. The highest BCUT2D eigenvalue weighted by Crippen LogP contribution is 2.15. The minimum atomic E-state index is 0.0509. The Morgan fingerprint density at radius 3 is 2.89 bits per heavy atom. The summed E-state index contributed by atoms with van der Waals surface area (Å²) in [5.74, 6) is 1.65. The number of hydrogen-bond acceptors (Lipinski definition) is 6. The number of aromatic nitrogens is 2. The Kier molecular flexibility index (Phi) is 4.33. The normalized spacial score (nSPS) is 23.7. The highest BCUT2D eigenvalue weighted by atomic mass is 16.5. The molecule has 2 heterocycles. The Labute approximate surface area is 107 Å². The van der Waals surface area contributed by atoms with E-state index in [-0.39, 0.29) is 12.2 Å². The fourth-order valence-electron chi connectivity index (χ4n) is 1.84. The minimum Gasteiger partial charge on any atom is -0.481 e. The summed E-state index contributed by atoms with van der Waals surface area (Å²) in [6.45, 7) is 5.99. The van der Waals surface area contributed by atoms with Crippen LogP contribution in [0.4, 0.5) is 0 Å². The highest BCUT2D eigenvalue weighted by Gasteiger charge is 2.19. The van der Waals surface area contributed by atoms with Crippen molar-refractivity contribution in [2.24, 2.45) is 0 Å². The molecule has 0 spiro atoms. The molecule has 1 aromatic rings. The smallest absolute Gasteiger partial charge is 0.220 e. The van der Waals surface area contributed by atoms with E-state index in [9.17, 15) is 0 Å². The van der Waals surface area contributed by atoms with Gasteiger partial charge < -0.3 is 19.5 Å². The molecular formula is C12H19N3O3. The van der Waals surface area contributed by atoms with Crippen LogP contribution < -0.4 is 14.8 Å². The zero-order valence-corrected chi connectivity index (χ0v) is 11.0. The molecule has 0 radical (unpaired) electrons. The third kappa shape index (κ3) is 3.54. The van der Waals surface area contributed by atoms with Gasteiger partial charge in [0.15, 0.2) is 0 Å². The monoisotopic (exact) mass is 253 g/mol. The van der Waals surface area contributed by atoms with Crippen molar-refractivity contribution in [2.75, 3.05) is 26.8 Å². The number of morpholine rings is 1. The lowest BCUT2D eigenvalue weighted by Gasteiger charge is -2.28. The first kappa shape index (κ1) is 13.0. The van der Waals surface area contributed by atoms with Crippen LogP contribution in [-0.2, 0) is 4.74 Å². The van der Waals surface area contributed by atoms with Crippen molar-refractivity contribution in [1.29, 1.82) is 0 Å². The number of hydrogen-bond donors (Lipinski definition) is 1. The van der Waals surface area contributed by atoms with Crippen molar-refractivity contribution >= 4 is 0 Å². The lowest BCUT2D eigenvalue weighted by Crippen LogP contribution is -2.45. The second kappa shape index (κ2) is 5.97. The van der Waals surface area contributed by atoms with Crippen LogP contribution in [0.25, 0.3) is 0 Å². The molecule has 6 nitrogen and oxygen atoms in total. The lowest BCUT2D eigenvalue weighted by molar-refractivity contribution is -0.0477. The molecule has 2 rings (SSSR count). The van der Waals surface area contributed by atoms with E-state index in [1.807, 2.05) is 6.92 Å². The number of aryl methyl sites for hydroxylation is 1. The summed E-state index contributed by atoms with van der Waals surface area (Å²) in [7, 11) is 1.57. The number of ether oxygens (including phenoxy) is 3. The third-order valence-corrected chi connectivity index (χ3v) is 2.65. The summed E-state index contributed by atoms with van der Waals surface area (Å²) in [5, 5.41) is 3.29. The van der Waals surface area contributed by atoms with Gasteiger partial charge in [-0.2, -0.15) is 9.97 Å². The molecule has 2 atom stereocenters. The van der Waals surface area contributed by atoms with E-state index in [1.54, 1.807) is 20.1 Å². The zero-order valence-electron chi connectivity index (χ0n) is 11.0. The Hall–Kier alpha value is -1.40. The average Bonchev–Trinajstić information content (AvgIpc) is 2.36. The van der Waals surface area contributed by atoms with Crippen LogP contribution in [-0.4, -0.2) is 49.0 Å². The molecule has 6 heteroatoms. The zero-order chi connectivity index (χ0) is 13.0. The molecular weight excluding hydrogens is 234 g/mol. The van der Waals surface area contributed by atoms with Crippen LogP contribution in [0.5, 0.6) is 11.8 Å². The van der Waals surface area contributed by atoms with E-state index in [2.05, 4.69) is 15.3 Å². The van der Waals surface area contributed by atoms with Crippen LogP contribution in [0, 0.1) is 6.92 Å². The first-order valence-corrected chi connectivity index (χ1v) is 6.06. The molecule has 1 fully saturated rings. The predicted octanol–water partition coefficient (Wildman–Crippen LogP) is 0.549. The Morgan fingerprint density at radius 1 is 1.39 bits per heavy atom. The quantitative estimate of drug-likeness (QED) is 0.845. The van der Waals surface area contributed by atoms with Crippen molar-refractivity contribution in [3.05, 3.63) is 11.9 Å². The Bertz CT molecular complexity index is 400. The summed E-state index contributed by atoms with van der Waals surface area (Å²) in [4.78, 5) is 8.30. The minimum absolute atomic E-state index is 0.0509. The second-order valence-electron chi connectivity index (χ2n) is 4.33. The molecule has 0 aliphatic carbocycles. The standard InChI is InChI=1S/C12H19N3O3/c1-8-5-13-6-10(18-8)7-17-12-4-11(16-3)14-9(2)15-12/h4,8,10,13H,5-7H2,1-3H3. The summed E-state index contributed by atoms with van der Waals surface area (Å²) >= 11 is 0. The van der Waals surface area contributed by atoms with Gasteiger partial charge in [0.05, 0.1) is 19.3 Å².